The van der Waals surface area contributed by atoms with Crippen LogP contribution in [-0.4, -0.2) is 165 Å². The fraction of sp³-hybridized carbons (Fsp3) is 1.00. The van der Waals surface area contributed by atoms with Gasteiger partial charge in [-0.1, -0.05) is 41.0 Å². The van der Waals surface area contributed by atoms with Crippen LogP contribution in [0.1, 0.15) is 86.0 Å². The van der Waals surface area contributed by atoms with Crippen molar-refractivity contribution in [1.29, 1.82) is 0 Å². The molecule has 0 spiro atoms. The molecule has 0 amide bonds. The molecule has 4 saturated carbocycles. The molecular weight excluding hydrogens is 732 g/mol. The Balaban J connectivity index is 1.04. The van der Waals surface area contributed by atoms with Crippen LogP contribution in [0.2, 0.25) is 0 Å². The van der Waals surface area contributed by atoms with E-state index in [0.29, 0.717) is 44.6 Å². The smallest absolute Gasteiger partial charge is 0.186 e. The van der Waals surface area contributed by atoms with E-state index in [-0.39, 0.29) is 43.3 Å². The van der Waals surface area contributed by atoms with Gasteiger partial charge in [0.1, 0.15) is 36.6 Å². The highest BCUT2D eigenvalue weighted by Crippen LogP contribution is 2.70. The predicted octanol–water partition coefficient (Wildman–Crippen LogP) is 0.310. The highest BCUT2D eigenvalue weighted by atomic mass is 16.7. The third-order valence-corrected chi connectivity index (χ3v) is 15.9. The van der Waals surface area contributed by atoms with Crippen molar-refractivity contribution >= 4 is 0 Å². The minimum absolute atomic E-state index is 0.00714. The molecule has 0 aromatic rings. The SMILES string of the molecule is CO[C@@H]1[C@@H](O)[C@H](O[C@@H]2CO[C@@H](OCC[C@@H](CC[C@@H](C)[C@H]3[C@@H](O)[C@@H](O)[C@@H]4[C@]3(C)CC[C@@H]3[C@@]5(C)CC[C@H](O)[C@H](O)[C@H]5[C@@H](O)C[C@]34O)C(C)C)[C@H](O)[C@H]2OC)OC[C@H]1O. The summed E-state index contributed by atoms with van der Waals surface area (Å²) in [6.45, 7) is 10.8. The van der Waals surface area contributed by atoms with Crippen molar-refractivity contribution in [1.82, 2.24) is 0 Å². The van der Waals surface area contributed by atoms with Crippen molar-refractivity contribution < 1.29 is 74.4 Å². The van der Waals surface area contributed by atoms with Gasteiger partial charge in [0.05, 0.1) is 55.9 Å². The van der Waals surface area contributed by atoms with Crippen LogP contribution in [0.4, 0.5) is 0 Å². The van der Waals surface area contributed by atoms with Gasteiger partial charge in [0.25, 0.3) is 0 Å². The first-order valence-electron chi connectivity index (χ1n) is 21.1. The summed E-state index contributed by atoms with van der Waals surface area (Å²) >= 11 is 0. The van der Waals surface area contributed by atoms with E-state index in [4.69, 9.17) is 28.4 Å². The van der Waals surface area contributed by atoms with Gasteiger partial charge in [0.2, 0.25) is 0 Å². The summed E-state index contributed by atoms with van der Waals surface area (Å²) in [6.07, 6.45) is -8.79. The molecule has 0 unspecified atom stereocenters. The molecule has 4 aliphatic carbocycles. The maximum atomic E-state index is 12.7. The quantitative estimate of drug-likeness (QED) is 0.122. The van der Waals surface area contributed by atoms with Crippen LogP contribution in [0.15, 0.2) is 0 Å². The highest BCUT2D eigenvalue weighted by molar-refractivity contribution is 5.22. The Hall–Kier alpha value is -0.600. The summed E-state index contributed by atoms with van der Waals surface area (Å²) in [5.41, 5.74) is -2.65. The summed E-state index contributed by atoms with van der Waals surface area (Å²) in [4.78, 5) is 0. The lowest BCUT2D eigenvalue weighted by Gasteiger charge is -2.66. The molecule has 6 aliphatic rings. The Morgan fingerprint density at radius 3 is 1.98 bits per heavy atom. The largest absolute Gasteiger partial charge is 0.393 e. The molecule has 22 atom stereocenters. The van der Waals surface area contributed by atoms with Gasteiger partial charge in [0.15, 0.2) is 12.6 Å². The molecule has 9 N–H and O–H groups in total. The van der Waals surface area contributed by atoms with E-state index in [1.807, 2.05) is 6.92 Å². The van der Waals surface area contributed by atoms with Gasteiger partial charge in [-0.05, 0) is 78.9 Å². The van der Waals surface area contributed by atoms with Gasteiger partial charge < -0.3 is 74.4 Å². The monoisotopic (exact) mass is 804 g/mol. The Morgan fingerprint density at radius 1 is 0.679 bits per heavy atom. The number of aliphatic hydroxyl groups is 9. The van der Waals surface area contributed by atoms with Crippen LogP contribution >= 0.6 is 0 Å². The third kappa shape index (κ3) is 7.77. The topological polar surface area (TPSA) is 237 Å². The first-order chi connectivity index (χ1) is 26.3. The molecule has 56 heavy (non-hydrogen) atoms. The Kier molecular flexibility index (Phi) is 14.0. The molecule has 2 aliphatic heterocycles. The Bertz CT molecular complexity index is 1290. The summed E-state index contributed by atoms with van der Waals surface area (Å²) in [6, 6.07) is 0. The first kappa shape index (κ1) is 44.9. The molecule has 2 saturated heterocycles. The molecular formula is C41H72O15. The fourth-order valence-corrected chi connectivity index (χ4v) is 13.1. The standard InChI is InChI=1S/C41H72O15/c1-19(2)21(12-15-53-37-33(49)35(52-7)25(18-55-37)56-38-32(48)34(51-6)24(44)17-54-38)9-8-20(3)27-30(46)31(47)36-40(27,5)14-11-26-39(4)13-10-22(42)29(45)28(39)23(43)16-41(26,36)50/h19-38,42-50H,8-18H2,1-7H3/t20-,21-,22+,23+,24-,25-,26-,27+,28-,29+,30-,31-,32-,33-,34+,35+,36-,37-,38+,39-,40-,41+/m1/s1. The van der Waals surface area contributed by atoms with Crippen LogP contribution in [0.3, 0.4) is 0 Å². The number of rotatable bonds is 13. The second-order valence-corrected chi connectivity index (χ2v) is 19.2. The normalized spacial score (nSPS) is 51.9. The van der Waals surface area contributed by atoms with Gasteiger partial charge in [0, 0.05) is 32.5 Å². The van der Waals surface area contributed by atoms with E-state index in [9.17, 15) is 46.0 Å². The number of hydrogen-bond donors (Lipinski definition) is 9. The lowest BCUT2D eigenvalue weighted by atomic mass is 9.41. The number of aliphatic hydroxyl groups excluding tert-OH is 8. The van der Waals surface area contributed by atoms with Crippen molar-refractivity contribution in [2.45, 2.75) is 171 Å². The van der Waals surface area contributed by atoms with Crippen molar-refractivity contribution in [2.75, 3.05) is 34.0 Å². The number of methoxy groups -OCH3 is 2. The first-order valence-corrected chi connectivity index (χ1v) is 21.1. The van der Waals surface area contributed by atoms with Crippen LogP contribution in [0.25, 0.3) is 0 Å². The molecule has 0 radical (unpaired) electrons. The molecule has 0 aromatic carbocycles. The summed E-state index contributed by atoms with van der Waals surface area (Å²) in [5.74, 6) is -1.25. The fourth-order valence-electron chi connectivity index (χ4n) is 13.1. The Labute approximate surface area is 331 Å². The lowest BCUT2D eigenvalue weighted by Crippen LogP contribution is -2.71. The zero-order valence-electron chi connectivity index (χ0n) is 34.3. The average molecular weight is 805 g/mol. The zero-order chi connectivity index (χ0) is 41.1. The second-order valence-electron chi connectivity index (χ2n) is 19.2. The zero-order valence-corrected chi connectivity index (χ0v) is 34.3. The van der Waals surface area contributed by atoms with Crippen LogP contribution in [0, 0.1) is 52.3 Å². The van der Waals surface area contributed by atoms with E-state index in [0.717, 1.165) is 12.8 Å². The maximum absolute atomic E-state index is 12.7. The van der Waals surface area contributed by atoms with E-state index in [1.54, 1.807) is 0 Å². The highest BCUT2D eigenvalue weighted by Gasteiger charge is 2.73. The van der Waals surface area contributed by atoms with Crippen molar-refractivity contribution in [3.63, 3.8) is 0 Å². The van der Waals surface area contributed by atoms with Gasteiger partial charge in [-0.3, -0.25) is 0 Å². The molecule has 6 fully saturated rings. The number of fused-ring (bicyclic) bond motifs is 5. The van der Waals surface area contributed by atoms with Gasteiger partial charge in [-0.25, -0.2) is 0 Å². The van der Waals surface area contributed by atoms with E-state index in [2.05, 4.69) is 27.7 Å². The van der Waals surface area contributed by atoms with Crippen molar-refractivity contribution in [2.24, 2.45) is 52.3 Å². The number of hydrogen-bond acceptors (Lipinski definition) is 15. The molecule has 2 heterocycles. The minimum Gasteiger partial charge on any atom is -0.393 e. The van der Waals surface area contributed by atoms with Crippen LogP contribution < -0.4 is 0 Å². The molecule has 15 heteroatoms. The summed E-state index contributed by atoms with van der Waals surface area (Å²) < 4.78 is 34.2. The Morgan fingerprint density at radius 2 is 1.32 bits per heavy atom. The molecule has 326 valence electrons. The molecule has 15 nitrogen and oxygen atoms in total. The number of ether oxygens (including phenoxy) is 6. The summed E-state index contributed by atoms with van der Waals surface area (Å²) in [7, 11) is 2.82. The van der Waals surface area contributed by atoms with E-state index >= 15 is 0 Å². The maximum Gasteiger partial charge on any atom is 0.186 e. The van der Waals surface area contributed by atoms with E-state index < -0.39 is 108 Å². The van der Waals surface area contributed by atoms with Crippen molar-refractivity contribution in [3.8, 4) is 0 Å². The van der Waals surface area contributed by atoms with Gasteiger partial charge >= 0.3 is 0 Å². The molecule has 0 bridgehead atoms. The van der Waals surface area contributed by atoms with E-state index in [1.165, 1.54) is 14.2 Å². The van der Waals surface area contributed by atoms with Crippen LogP contribution in [-0.2, 0) is 28.4 Å². The van der Waals surface area contributed by atoms with Gasteiger partial charge in [-0.2, -0.15) is 0 Å². The van der Waals surface area contributed by atoms with Crippen LogP contribution in [0.5, 0.6) is 0 Å². The molecule has 6 rings (SSSR count). The minimum atomic E-state index is -1.44. The third-order valence-electron chi connectivity index (χ3n) is 15.9. The van der Waals surface area contributed by atoms with Crippen molar-refractivity contribution in [3.05, 3.63) is 0 Å². The second kappa shape index (κ2) is 17.4. The lowest BCUT2D eigenvalue weighted by molar-refractivity contribution is -0.332. The van der Waals surface area contributed by atoms with Gasteiger partial charge in [-0.15, -0.1) is 0 Å². The summed E-state index contributed by atoms with van der Waals surface area (Å²) in [5, 5.41) is 101. The average Bonchev–Trinajstić information content (AvgIpc) is 3.34. The molecule has 0 aromatic heterocycles. The predicted molar refractivity (Wildman–Crippen MR) is 200 cm³/mol.